The van der Waals surface area contributed by atoms with Crippen LogP contribution in [0.3, 0.4) is 0 Å². The van der Waals surface area contributed by atoms with Crippen LogP contribution in [0.25, 0.3) is 0 Å². The van der Waals surface area contributed by atoms with Gasteiger partial charge in [0.2, 0.25) is 0 Å². The topological polar surface area (TPSA) is 49.7 Å². The van der Waals surface area contributed by atoms with Crippen molar-refractivity contribution in [2.24, 2.45) is 11.3 Å². The molecule has 2 N–H and O–H groups in total. The van der Waals surface area contributed by atoms with E-state index < -0.39 is 5.60 Å². The van der Waals surface area contributed by atoms with Gasteiger partial charge >= 0.3 is 0 Å². The van der Waals surface area contributed by atoms with Crippen LogP contribution in [0.2, 0.25) is 0 Å². The highest BCUT2D eigenvalue weighted by molar-refractivity contribution is 5.03. The van der Waals surface area contributed by atoms with Gasteiger partial charge in [0.25, 0.3) is 0 Å². The first-order valence-corrected chi connectivity index (χ1v) is 6.03. The molecule has 3 unspecified atom stereocenters. The van der Waals surface area contributed by atoms with E-state index in [0.717, 1.165) is 19.3 Å². The molecule has 3 nitrogen and oxygen atoms in total. The molecule has 1 aliphatic heterocycles. The highest BCUT2D eigenvalue weighted by atomic mass is 16.5. The summed E-state index contributed by atoms with van der Waals surface area (Å²) in [6.07, 6.45) is 4.89. The lowest BCUT2D eigenvalue weighted by molar-refractivity contribution is -0.134. The van der Waals surface area contributed by atoms with Crippen LogP contribution >= 0.6 is 0 Å². The minimum Gasteiger partial charge on any atom is -0.396 e. The maximum Gasteiger partial charge on any atom is 0.0979 e. The number of aliphatic hydroxyl groups excluding tert-OH is 1. The highest BCUT2D eigenvalue weighted by Gasteiger charge is 2.53. The first-order valence-electron chi connectivity index (χ1n) is 6.03. The lowest BCUT2D eigenvalue weighted by Crippen LogP contribution is -2.53. The largest absolute Gasteiger partial charge is 0.396 e. The van der Waals surface area contributed by atoms with Gasteiger partial charge in [-0.15, -0.1) is 0 Å². The van der Waals surface area contributed by atoms with E-state index in [1.807, 2.05) is 0 Å². The van der Waals surface area contributed by atoms with Crippen LogP contribution in [0, 0.1) is 11.3 Å². The highest BCUT2D eigenvalue weighted by Crippen LogP contribution is 2.49. The molecule has 15 heavy (non-hydrogen) atoms. The molecule has 0 spiro atoms. The molecule has 0 bridgehead atoms. The Morgan fingerprint density at radius 2 is 2.20 bits per heavy atom. The summed E-state index contributed by atoms with van der Waals surface area (Å²) in [5.41, 5.74) is -1.09. The lowest BCUT2D eigenvalue weighted by Gasteiger charge is -2.47. The van der Waals surface area contributed by atoms with Gasteiger partial charge in [0.05, 0.1) is 18.8 Å². The van der Waals surface area contributed by atoms with Gasteiger partial charge < -0.3 is 14.9 Å². The second-order valence-corrected chi connectivity index (χ2v) is 5.47. The van der Waals surface area contributed by atoms with E-state index in [2.05, 4.69) is 6.92 Å². The van der Waals surface area contributed by atoms with E-state index >= 15 is 0 Å². The fraction of sp³-hybridized carbons (Fsp3) is 1.00. The van der Waals surface area contributed by atoms with Gasteiger partial charge in [-0.3, -0.25) is 0 Å². The average Bonchev–Trinajstić information content (AvgIpc) is 2.66. The summed E-state index contributed by atoms with van der Waals surface area (Å²) in [6, 6.07) is 0. The Kier molecular flexibility index (Phi) is 3.06. The normalized spacial score (nSPS) is 47.0. The van der Waals surface area contributed by atoms with Crippen molar-refractivity contribution in [3.8, 4) is 0 Å². The zero-order valence-electron chi connectivity index (χ0n) is 9.54. The van der Waals surface area contributed by atoms with Crippen molar-refractivity contribution in [3.63, 3.8) is 0 Å². The number of hydrogen-bond acceptors (Lipinski definition) is 3. The third kappa shape index (κ3) is 1.81. The molecule has 1 saturated carbocycles. The second kappa shape index (κ2) is 4.04. The Morgan fingerprint density at radius 3 is 2.73 bits per heavy atom. The fourth-order valence-corrected chi connectivity index (χ4v) is 3.35. The molecule has 2 fully saturated rings. The van der Waals surface area contributed by atoms with Crippen molar-refractivity contribution >= 4 is 0 Å². The Labute approximate surface area is 91.4 Å². The van der Waals surface area contributed by atoms with Gasteiger partial charge in [0.1, 0.15) is 0 Å². The van der Waals surface area contributed by atoms with E-state index in [9.17, 15) is 10.2 Å². The van der Waals surface area contributed by atoms with Crippen LogP contribution < -0.4 is 0 Å². The minimum atomic E-state index is -0.781. The van der Waals surface area contributed by atoms with Crippen LogP contribution in [0.15, 0.2) is 0 Å². The summed E-state index contributed by atoms with van der Waals surface area (Å²) in [6.45, 7) is 3.34. The average molecular weight is 214 g/mol. The van der Waals surface area contributed by atoms with Crippen LogP contribution in [-0.2, 0) is 4.74 Å². The van der Waals surface area contributed by atoms with Crippen molar-refractivity contribution in [2.75, 3.05) is 19.8 Å². The quantitative estimate of drug-likeness (QED) is 0.729. The Morgan fingerprint density at radius 1 is 1.40 bits per heavy atom. The molecule has 3 atom stereocenters. The van der Waals surface area contributed by atoms with E-state index in [1.165, 1.54) is 6.42 Å². The molecule has 0 aromatic heterocycles. The van der Waals surface area contributed by atoms with Gasteiger partial charge in [0, 0.05) is 18.4 Å². The fourth-order valence-electron chi connectivity index (χ4n) is 3.35. The molecule has 1 saturated heterocycles. The second-order valence-electron chi connectivity index (χ2n) is 5.47. The Hall–Kier alpha value is -0.120. The van der Waals surface area contributed by atoms with Crippen LogP contribution in [0.5, 0.6) is 0 Å². The first-order chi connectivity index (χ1) is 7.12. The standard InChI is InChI=1S/C12H22O3/c1-10-3-2-4-11(7-10,8-13)12(14)5-6-15-9-12/h10,13-14H,2-9H2,1H3. The minimum absolute atomic E-state index is 0.0944. The van der Waals surface area contributed by atoms with Crippen molar-refractivity contribution < 1.29 is 14.9 Å². The number of rotatable bonds is 2. The third-order valence-electron chi connectivity index (χ3n) is 4.38. The molecule has 0 aromatic rings. The first kappa shape index (κ1) is 11.4. The van der Waals surface area contributed by atoms with Crippen LogP contribution in [-0.4, -0.2) is 35.6 Å². The van der Waals surface area contributed by atoms with E-state index in [-0.39, 0.29) is 12.0 Å². The Balaban J connectivity index is 2.19. The maximum atomic E-state index is 10.6. The predicted octanol–water partition coefficient (Wildman–Crippen LogP) is 1.33. The molecule has 88 valence electrons. The summed E-state index contributed by atoms with van der Waals surface area (Å²) in [7, 11) is 0. The maximum absolute atomic E-state index is 10.6. The molecular weight excluding hydrogens is 192 g/mol. The zero-order valence-corrected chi connectivity index (χ0v) is 9.54. The SMILES string of the molecule is CC1CCCC(CO)(C2(O)CCOC2)C1. The predicted molar refractivity (Wildman–Crippen MR) is 57.5 cm³/mol. The smallest absolute Gasteiger partial charge is 0.0979 e. The summed E-state index contributed by atoms with van der Waals surface area (Å²) < 4.78 is 5.31. The third-order valence-corrected chi connectivity index (χ3v) is 4.38. The monoisotopic (exact) mass is 214 g/mol. The van der Waals surface area contributed by atoms with Gasteiger partial charge in [-0.2, -0.15) is 0 Å². The molecule has 0 amide bonds. The van der Waals surface area contributed by atoms with Crippen molar-refractivity contribution in [1.82, 2.24) is 0 Å². The summed E-state index contributed by atoms with van der Waals surface area (Å²) >= 11 is 0. The van der Waals surface area contributed by atoms with Crippen LogP contribution in [0.4, 0.5) is 0 Å². The van der Waals surface area contributed by atoms with E-state index in [4.69, 9.17) is 4.74 Å². The van der Waals surface area contributed by atoms with Gasteiger partial charge in [-0.25, -0.2) is 0 Å². The number of aliphatic hydroxyl groups is 2. The summed E-state index contributed by atoms with van der Waals surface area (Å²) in [4.78, 5) is 0. The molecule has 2 rings (SSSR count). The summed E-state index contributed by atoms with van der Waals surface area (Å²) in [5.74, 6) is 0.607. The van der Waals surface area contributed by atoms with Crippen LogP contribution in [0.1, 0.15) is 39.0 Å². The van der Waals surface area contributed by atoms with Gasteiger partial charge in [-0.1, -0.05) is 19.8 Å². The summed E-state index contributed by atoms with van der Waals surface area (Å²) in [5, 5.41) is 20.3. The molecule has 0 aromatic carbocycles. The zero-order chi connectivity index (χ0) is 10.9. The van der Waals surface area contributed by atoms with Crippen molar-refractivity contribution in [2.45, 2.75) is 44.6 Å². The van der Waals surface area contributed by atoms with E-state index in [0.29, 0.717) is 25.6 Å². The Bertz CT molecular complexity index is 223. The molecule has 2 aliphatic rings. The number of hydrogen-bond donors (Lipinski definition) is 2. The van der Waals surface area contributed by atoms with Crippen molar-refractivity contribution in [3.05, 3.63) is 0 Å². The van der Waals surface area contributed by atoms with Crippen molar-refractivity contribution in [1.29, 1.82) is 0 Å². The molecule has 3 heteroatoms. The number of ether oxygens (including phenoxy) is 1. The molecular formula is C12H22O3. The van der Waals surface area contributed by atoms with Gasteiger partial charge in [-0.05, 0) is 18.8 Å². The molecule has 1 aliphatic carbocycles. The lowest BCUT2D eigenvalue weighted by atomic mass is 9.61. The molecule has 0 radical (unpaired) electrons. The molecule has 1 heterocycles. The van der Waals surface area contributed by atoms with Gasteiger partial charge in [0.15, 0.2) is 0 Å². The van der Waals surface area contributed by atoms with E-state index in [1.54, 1.807) is 0 Å².